The summed E-state index contributed by atoms with van der Waals surface area (Å²) in [4.78, 5) is 12.3. The fourth-order valence-electron chi connectivity index (χ4n) is 2.28. The van der Waals surface area contributed by atoms with E-state index >= 15 is 0 Å². The molecule has 1 aromatic heterocycles. The normalized spacial score (nSPS) is 10.9. The molecule has 126 valence electrons. The van der Waals surface area contributed by atoms with Gasteiger partial charge in [-0.05, 0) is 30.3 Å². The van der Waals surface area contributed by atoms with Gasteiger partial charge >= 0.3 is 5.97 Å². The van der Waals surface area contributed by atoms with Gasteiger partial charge in [0, 0.05) is 16.1 Å². The van der Waals surface area contributed by atoms with Crippen molar-refractivity contribution in [2.75, 3.05) is 0 Å². The molecule has 6 heteroatoms. The number of benzene rings is 2. The fourth-order valence-corrected chi connectivity index (χ4v) is 2.47. The molecule has 0 fully saturated rings. The molecule has 3 aromatic rings. The second-order valence-electron chi connectivity index (χ2n) is 5.19. The van der Waals surface area contributed by atoms with Crippen molar-refractivity contribution in [3.8, 4) is 11.3 Å². The zero-order chi connectivity index (χ0) is 17.6. The predicted molar refractivity (Wildman–Crippen MR) is 94.1 cm³/mol. The number of carbonyl (C=O) groups is 1. The lowest BCUT2D eigenvalue weighted by Crippen LogP contribution is -2.05. The first-order valence-corrected chi connectivity index (χ1v) is 7.83. The van der Waals surface area contributed by atoms with E-state index in [4.69, 9.17) is 26.0 Å². The molecule has 0 amide bonds. The van der Waals surface area contributed by atoms with E-state index in [-0.39, 0.29) is 6.61 Å². The molecule has 1 N–H and O–H groups in total. The molecule has 2 aromatic carbocycles. The summed E-state index contributed by atoms with van der Waals surface area (Å²) in [7, 11) is 0. The third kappa shape index (κ3) is 4.08. The van der Waals surface area contributed by atoms with Crippen molar-refractivity contribution in [3.05, 3.63) is 82.6 Å². The molecule has 0 radical (unpaired) electrons. The van der Waals surface area contributed by atoms with Gasteiger partial charge in [-0.25, -0.2) is 4.79 Å². The lowest BCUT2D eigenvalue weighted by atomic mass is 10.1. The molecular weight excluding hydrogens is 342 g/mol. The minimum atomic E-state index is -0.453. The number of esters is 1. The zero-order valence-corrected chi connectivity index (χ0v) is 13.8. The van der Waals surface area contributed by atoms with Gasteiger partial charge in [-0.1, -0.05) is 47.1 Å². The molecule has 0 saturated carbocycles. The smallest absolute Gasteiger partial charge is 0.338 e. The summed E-state index contributed by atoms with van der Waals surface area (Å²) in [6.45, 7) is 0.0978. The Labute approximate surface area is 149 Å². The number of carbonyl (C=O) groups excluding carboxylic acids is 1. The van der Waals surface area contributed by atoms with Crippen LogP contribution in [0.1, 0.15) is 21.7 Å². The first kappa shape index (κ1) is 16.8. The van der Waals surface area contributed by atoms with E-state index in [0.29, 0.717) is 27.7 Å². The second-order valence-corrected chi connectivity index (χ2v) is 5.60. The number of oxime groups is 1. The van der Waals surface area contributed by atoms with Crippen molar-refractivity contribution >= 4 is 23.8 Å². The lowest BCUT2D eigenvalue weighted by Gasteiger charge is -2.07. The number of hydrogen-bond donors (Lipinski definition) is 1. The summed E-state index contributed by atoms with van der Waals surface area (Å²) >= 11 is 6.05. The minimum absolute atomic E-state index is 0.0978. The van der Waals surface area contributed by atoms with Crippen molar-refractivity contribution in [1.82, 2.24) is 0 Å². The zero-order valence-electron chi connectivity index (χ0n) is 13.1. The van der Waals surface area contributed by atoms with E-state index in [9.17, 15) is 4.79 Å². The largest absolute Gasteiger partial charge is 0.457 e. The number of ether oxygens (including phenoxy) is 1. The van der Waals surface area contributed by atoms with E-state index in [1.807, 2.05) is 18.2 Å². The van der Waals surface area contributed by atoms with Gasteiger partial charge in [0.15, 0.2) is 0 Å². The van der Waals surface area contributed by atoms with Crippen molar-refractivity contribution in [2.45, 2.75) is 6.61 Å². The van der Waals surface area contributed by atoms with Gasteiger partial charge in [0.25, 0.3) is 0 Å². The molecular formula is C19H14ClNO4. The summed E-state index contributed by atoms with van der Waals surface area (Å²) in [6.07, 6.45) is 1.19. The van der Waals surface area contributed by atoms with Gasteiger partial charge in [-0.2, -0.15) is 0 Å². The summed E-state index contributed by atoms with van der Waals surface area (Å²) in [6, 6.07) is 17.5. The lowest BCUT2D eigenvalue weighted by molar-refractivity contribution is 0.0473. The predicted octanol–water partition coefficient (Wildman–Crippen LogP) is 4.77. The highest BCUT2D eigenvalue weighted by atomic mass is 35.5. The van der Waals surface area contributed by atoms with Crippen LogP contribution >= 0.6 is 11.6 Å². The standard InChI is InChI=1S/C19H14ClNO4/c20-17-7-2-1-4-15(17)12-24-19(22)14-6-3-5-13(10-14)18-9-8-16(25-18)11-21-23/h1-11,23H,12H2/b21-11+. The Kier molecular flexibility index (Phi) is 5.16. The van der Waals surface area contributed by atoms with Crippen molar-refractivity contribution in [3.63, 3.8) is 0 Å². The Morgan fingerprint density at radius 3 is 2.80 bits per heavy atom. The number of furan rings is 1. The Hall–Kier alpha value is -3.05. The van der Waals surface area contributed by atoms with Crippen LogP contribution in [-0.4, -0.2) is 17.4 Å². The van der Waals surface area contributed by atoms with Gasteiger partial charge in [0.2, 0.25) is 0 Å². The SMILES string of the molecule is O=C(OCc1ccccc1Cl)c1cccc(-c2ccc(/C=N/O)o2)c1. The van der Waals surface area contributed by atoms with Gasteiger partial charge in [0.05, 0.1) is 5.56 Å². The molecule has 0 bridgehead atoms. The molecule has 1 heterocycles. The van der Waals surface area contributed by atoms with E-state index in [1.165, 1.54) is 6.21 Å². The Morgan fingerprint density at radius 2 is 2.00 bits per heavy atom. The molecule has 0 spiro atoms. The molecule has 3 rings (SSSR count). The maximum absolute atomic E-state index is 12.3. The maximum atomic E-state index is 12.3. The van der Waals surface area contributed by atoms with Crippen LogP contribution in [0.2, 0.25) is 5.02 Å². The van der Waals surface area contributed by atoms with Crippen LogP contribution in [0.5, 0.6) is 0 Å². The van der Waals surface area contributed by atoms with E-state index in [0.717, 1.165) is 5.56 Å². The molecule has 5 nitrogen and oxygen atoms in total. The second kappa shape index (κ2) is 7.68. The summed E-state index contributed by atoms with van der Waals surface area (Å²) in [5.74, 6) is 0.505. The van der Waals surface area contributed by atoms with Crippen LogP contribution in [0.4, 0.5) is 0 Å². The van der Waals surface area contributed by atoms with E-state index < -0.39 is 5.97 Å². The van der Waals surface area contributed by atoms with Crippen LogP contribution in [0.15, 0.2) is 70.2 Å². The van der Waals surface area contributed by atoms with E-state index in [1.54, 1.807) is 42.5 Å². The molecule has 0 atom stereocenters. The van der Waals surface area contributed by atoms with Crippen molar-refractivity contribution in [2.24, 2.45) is 5.16 Å². The topological polar surface area (TPSA) is 72.0 Å². The summed E-state index contributed by atoms with van der Waals surface area (Å²) < 4.78 is 10.8. The first-order valence-electron chi connectivity index (χ1n) is 7.45. The summed E-state index contributed by atoms with van der Waals surface area (Å²) in [5, 5.41) is 12.0. The molecule has 0 saturated heterocycles. The number of nitrogens with zero attached hydrogens (tertiary/aromatic N) is 1. The quantitative estimate of drug-likeness (QED) is 0.310. The van der Waals surface area contributed by atoms with E-state index in [2.05, 4.69) is 5.16 Å². The minimum Gasteiger partial charge on any atom is -0.457 e. The number of hydrogen-bond acceptors (Lipinski definition) is 5. The first-order chi connectivity index (χ1) is 12.2. The number of halogens is 1. The third-order valence-electron chi connectivity index (χ3n) is 3.51. The number of rotatable bonds is 5. The van der Waals surface area contributed by atoms with Crippen molar-refractivity contribution in [1.29, 1.82) is 0 Å². The Bertz CT molecular complexity index is 917. The van der Waals surface area contributed by atoms with Crippen LogP contribution in [-0.2, 0) is 11.3 Å². The molecule has 0 aliphatic carbocycles. The summed E-state index contributed by atoms with van der Waals surface area (Å²) in [5.41, 5.74) is 1.86. The van der Waals surface area contributed by atoms with Crippen LogP contribution in [0.3, 0.4) is 0 Å². The fraction of sp³-hybridized carbons (Fsp3) is 0.0526. The van der Waals surface area contributed by atoms with Crippen LogP contribution < -0.4 is 0 Å². The van der Waals surface area contributed by atoms with Gasteiger partial charge in [0.1, 0.15) is 24.3 Å². The highest BCUT2D eigenvalue weighted by Gasteiger charge is 2.11. The van der Waals surface area contributed by atoms with Gasteiger partial charge < -0.3 is 14.4 Å². The highest BCUT2D eigenvalue weighted by Crippen LogP contribution is 2.23. The molecule has 0 unspecified atom stereocenters. The Balaban J connectivity index is 1.74. The van der Waals surface area contributed by atoms with Gasteiger partial charge in [-0.15, -0.1) is 0 Å². The van der Waals surface area contributed by atoms with Gasteiger partial charge in [-0.3, -0.25) is 0 Å². The molecule has 25 heavy (non-hydrogen) atoms. The Morgan fingerprint density at radius 1 is 1.16 bits per heavy atom. The molecule has 0 aliphatic rings. The van der Waals surface area contributed by atoms with Crippen molar-refractivity contribution < 1.29 is 19.2 Å². The monoisotopic (exact) mass is 355 g/mol. The molecule has 0 aliphatic heterocycles. The average molecular weight is 356 g/mol. The maximum Gasteiger partial charge on any atom is 0.338 e. The highest BCUT2D eigenvalue weighted by molar-refractivity contribution is 6.31. The van der Waals surface area contributed by atoms with Crippen LogP contribution in [0.25, 0.3) is 11.3 Å². The average Bonchev–Trinajstić information content (AvgIpc) is 3.10. The van der Waals surface area contributed by atoms with Crippen LogP contribution in [0, 0.1) is 0 Å². The third-order valence-corrected chi connectivity index (χ3v) is 3.88.